The number of likely N-dealkylation sites (N-methyl/N-ethyl adjacent to an activating group) is 1. The number of hydrogen-bond acceptors (Lipinski definition) is 2. The van der Waals surface area contributed by atoms with Crippen LogP contribution in [-0.4, -0.2) is 24.3 Å². The minimum atomic E-state index is 0.172. The predicted molar refractivity (Wildman–Crippen MR) is 90.7 cm³/mol. The molecule has 0 aliphatic rings. The van der Waals surface area contributed by atoms with E-state index < -0.39 is 0 Å². The molecule has 0 atom stereocenters. The quantitative estimate of drug-likeness (QED) is 0.749. The minimum absolute atomic E-state index is 0.172. The molecule has 3 heteroatoms. The molecule has 0 unspecified atom stereocenters. The Morgan fingerprint density at radius 1 is 1.14 bits per heavy atom. The van der Waals surface area contributed by atoms with Crippen molar-refractivity contribution in [2.75, 3.05) is 13.6 Å². The summed E-state index contributed by atoms with van der Waals surface area (Å²) in [4.78, 5) is 14.5. The van der Waals surface area contributed by atoms with Crippen LogP contribution in [0.2, 0.25) is 0 Å². The second kappa shape index (κ2) is 7.01. The van der Waals surface area contributed by atoms with E-state index in [0.29, 0.717) is 6.54 Å². The van der Waals surface area contributed by atoms with Gasteiger partial charge in [0.2, 0.25) is 0 Å². The Hall–Kier alpha value is -1.45. The van der Waals surface area contributed by atoms with Crippen molar-refractivity contribution in [2.45, 2.75) is 20.4 Å². The summed E-state index contributed by atoms with van der Waals surface area (Å²) in [6, 6.07) is 14.1. The van der Waals surface area contributed by atoms with Gasteiger partial charge in [-0.2, -0.15) is 0 Å². The van der Waals surface area contributed by atoms with E-state index in [9.17, 15) is 4.79 Å². The van der Waals surface area contributed by atoms with Crippen molar-refractivity contribution in [3.05, 3.63) is 69.2 Å². The third-order valence-electron chi connectivity index (χ3n) is 3.51. The zero-order valence-electron chi connectivity index (χ0n) is 12.7. The van der Waals surface area contributed by atoms with E-state index in [1.165, 1.54) is 5.56 Å². The Balaban J connectivity index is 2.06. The molecule has 2 aromatic rings. The van der Waals surface area contributed by atoms with E-state index >= 15 is 0 Å². The molecular weight excluding hydrogens is 326 g/mol. The maximum atomic E-state index is 12.4. The van der Waals surface area contributed by atoms with Gasteiger partial charge in [-0.25, -0.2) is 0 Å². The fraction of sp³-hybridized carbons (Fsp3) is 0.278. The highest BCUT2D eigenvalue weighted by Crippen LogP contribution is 2.18. The Kier molecular flexibility index (Phi) is 5.32. The first-order valence-corrected chi connectivity index (χ1v) is 7.79. The average molecular weight is 346 g/mol. The smallest absolute Gasteiger partial charge is 0.177 e. The number of carbonyl (C=O) groups excluding carboxylic acids is 1. The zero-order valence-corrected chi connectivity index (χ0v) is 14.3. The molecule has 0 saturated carbocycles. The predicted octanol–water partition coefficient (Wildman–Crippen LogP) is 4.38. The van der Waals surface area contributed by atoms with Gasteiger partial charge in [0.1, 0.15) is 0 Å². The number of rotatable bonds is 5. The van der Waals surface area contributed by atoms with Crippen molar-refractivity contribution in [2.24, 2.45) is 0 Å². The molecule has 0 radical (unpaired) electrons. The second-order valence-corrected chi connectivity index (χ2v) is 6.36. The minimum Gasteiger partial charge on any atom is -0.295 e. The maximum Gasteiger partial charge on any atom is 0.177 e. The summed E-state index contributed by atoms with van der Waals surface area (Å²) in [5.74, 6) is 0.172. The number of Topliss-reactive ketones (excluding diaryl/α,β-unsaturated/α-hetero) is 1. The van der Waals surface area contributed by atoms with Gasteiger partial charge in [-0.1, -0.05) is 51.8 Å². The van der Waals surface area contributed by atoms with E-state index in [0.717, 1.165) is 27.7 Å². The van der Waals surface area contributed by atoms with Crippen LogP contribution in [0.15, 0.2) is 46.9 Å². The Bertz CT molecular complexity index is 651. The van der Waals surface area contributed by atoms with Crippen molar-refractivity contribution in [3.63, 3.8) is 0 Å². The first-order chi connectivity index (χ1) is 9.97. The van der Waals surface area contributed by atoms with E-state index in [1.807, 2.05) is 62.2 Å². The van der Waals surface area contributed by atoms with Gasteiger partial charge in [0.05, 0.1) is 6.54 Å². The lowest BCUT2D eigenvalue weighted by molar-refractivity contribution is 0.0942. The summed E-state index contributed by atoms with van der Waals surface area (Å²) in [6.07, 6.45) is 0. The summed E-state index contributed by atoms with van der Waals surface area (Å²) in [7, 11) is 1.97. The monoisotopic (exact) mass is 345 g/mol. The molecule has 110 valence electrons. The second-order valence-electron chi connectivity index (χ2n) is 5.51. The van der Waals surface area contributed by atoms with Gasteiger partial charge in [0, 0.05) is 16.6 Å². The van der Waals surface area contributed by atoms with Gasteiger partial charge in [-0.15, -0.1) is 0 Å². The molecule has 0 bridgehead atoms. The van der Waals surface area contributed by atoms with E-state index in [2.05, 4.69) is 22.0 Å². The molecule has 21 heavy (non-hydrogen) atoms. The first kappa shape index (κ1) is 15.9. The normalized spacial score (nSPS) is 10.9. The summed E-state index contributed by atoms with van der Waals surface area (Å²) in [6.45, 7) is 5.17. The van der Waals surface area contributed by atoms with Crippen molar-refractivity contribution >= 4 is 21.7 Å². The lowest BCUT2D eigenvalue weighted by atomic mass is 10.0. The van der Waals surface area contributed by atoms with Gasteiger partial charge in [-0.05, 0) is 44.2 Å². The molecule has 0 amide bonds. The van der Waals surface area contributed by atoms with Crippen LogP contribution in [0.25, 0.3) is 0 Å². The SMILES string of the molecule is Cc1ccc(C)c(C(=O)CN(C)Cc2ccccc2Br)c1. The Morgan fingerprint density at radius 3 is 2.57 bits per heavy atom. The van der Waals surface area contributed by atoms with Gasteiger partial charge in [0.25, 0.3) is 0 Å². The van der Waals surface area contributed by atoms with Gasteiger partial charge in [0.15, 0.2) is 5.78 Å². The van der Waals surface area contributed by atoms with Crippen LogP contribution in [-0.2, 0) is 6.54 Å². The van der Waals surface area contributed by atoms with Crippen LogP contribution in [0.4, 0.5) is 0 Å². The molecule has 0 aromatic heterocycles. The fourth-order valence-corrected chi connectivity index (χ4v) is 2.75. The van der Waals surface area contributed by atoms with Crippen LogP contribution in [0.3, 0.4) is 0 Å². The fourth-order valence-electron chi connectivity index (χ4n) is 2.34. The van der Waals surface area contributed by atoms with Gasteiger partial charge >= 0.3 is 0 Å². The Morgan fingerprint density at radius 2 is 1.86 bits per heavy atom. The highest BCUT2D eigenvalue weighted by Gasteiger charge is 2.13. The van der Waals surface area contributed by atoms with Crippen molar-refractivity contribution < 1.29 is 4.79 Å². The number of aryl methyl sites for hydroxylation is 2. The first-order valence-electron chi connectivity index (χ1n) is 7.00. The lowest BCUT2D eigenvalue weighted by Gasteiger charge is -2.17. The van der Waals surface area contributed by atoms with E-state index in [4.69, 9.17) is 0 Å². The summed E-state index contributed by atoms with van der Waals surface area (Å²) in [5, 5.41) is 0. The molecule has 0 aliphatic heterocycles. The average Bonchev–Trinajstić information content (AvgIpc) is 2.44. The van der Waals surface area contributed by atoms with Crippen LogP contribution in [0, 0.1) is 13.8 Å². The van der Waals surface area contributed by atoms with E-state index in [-0.39, 0.29) is 5.78 Å². The molecule has 0 fully saturated rings. The summed E-state index contributed by atoms with van der Waals surface area (Å²) < 4.78 is 1.08. The van der Waals surface area contributed by atoms with Gasteiger partial charge < -0.3 is 0 Å². The number of hydrogen-bond donors (Lipinski definition) is 0. The largest absolute Gasteiger partial charge is 0.295 e. The number of ketones is 1. The summed E-state index contributed by atoms with van der Waals surface area (Å²) in [5.41, 5.74) is 4.18. The standard InChI is InChI=1S/C18H20BrNO/c1-13-8-9-14(2)16(10-13)18(21)12-20(3)11-15-6-4-5-7-17(15)19/h4-10H,11-12H2,1-3H3. The molecule has 2 aromatic carbocycles. The number of carbonyl (C=O) groups is 1. The van der Waals surface area contributed by atoms with Gasteiger partial charge in [-0.3, -0.25) is 9.69 Å². The third kappa shape index (κ3) is 4.26. The van der Waals surface area contributed by atoms with Crippen LogP contribution in [0.1, 0.15) is 27.0 Å². The van der Waals surface area contributed by atoms with Crippen molar-refractivity contribution in [3.8, 4) is 0 Å². The highest BCUT2D eigenvalue weighted by molar-refractivity contribution is 9.10. The lowest BCUT2D eigenvalue weighted by Crippen LogP contribution is -2.26. The number of nitrogens with zero attached hydrogens (tertiary/aromatic N) is 1. The molecule has 0 aliphatic carbocycles. The van der Waals surface area contributed by atoms with Crippen LogP contribution in [0.5, 0.6) is 0 Å². The highest BCUT2D eigenvalue weighted by atomic mass is 79.9. The van der Waals surface area contributed by atoms with Crippen molar-refractivity contribution in [1.82, 2.24) is 4.90 Å². The molecule has 2 rings (SSSR count). The topological polar surface area (TPSA) is 20.3 Å². The molecule has 0 N–H and O–H groups in total. The molecule has 0 heterocycles. The maximum absolute atomic E-state index is 12.4. The van der Waals surface area contributed by atoms with Crippen molar-refractivity contribution in [1.29, 1.82) is 0 Å². The zero-order chi connectivity index (χ0) is 15.4. The molecule has 2 nitrogen and oxygen atoms in total. The van der Waals surface area contributed by atoms with Crippen LogP contribution < -0.4 is 0 Å². The van der Waals surface area contributed by atoms with Crippen LogP contribution >= 0.6 is 15.9 Å². The Labute approximate surface area is 134 Å². The molecule has 0 spiro atoms. The van der Waals surface area contributed by atoms with E-state index in [1.54, 1.807) is 0 Å². The number of benzene rings is 2. The number of halogens is 1. The summed E-state index contributed by atoms with van der Waals surface area (Å²) >= 11 is 3.55. The molecular formula is C18H20BrNO. The molecule has 0 saturated heterocycles. The third-order valence-corrected chi connectivity index (χ3v) is 4.28.